The van der Waals surface area contributed by atoms with Gasteiger partial charge in [-0.2, -0.15) is 0 Å². The lowest BCUT2D eigenvalue weighted by molar-refractivity contribution is -0.384. The molecule has 0 aliphatic rings. The topological polar surface area (TPSA) is 83.7 Å². The van der Waals surface area contributed by atoms with E-state index in [1.165, 1.54) is 17.0 Å². The first kappa shape index (κ1) is 13.7. The molecular weight excluding hydrogens is 236 g/mol. The summed E-state index contributed by atoms with van der Waals surface area (Å²) in [7, 11) is 1.57. The number of nitro benzene ring substituents is 1. The van der Waals surface area contributed by atoms with Crippen LogP contribution in [0.1, 0.15) is 17.3 Å². The Morgan fingerprint density at radius 2 is 2.17 bits per heavy atom. The van der Waals surface area contributed by atoms with Gasteiger partial charge in [-0.25, -0.2) is 0 Å². The summed E-state index contributed by atoms with van der Waals surface area (Å²) in [6.07, 6.45) is 0. The van der Waals surface area contributed by atoms with Crippen molar-refractivity contribution in [3.05, 3.63) is 46.0 Å². The van der Waals surface area contributed by atoms with E-state index >= 15 is 0 Å². The Bertz CT molecular complexity index is 511. The van der Waals surface area contributed by atoms with E-state index in [0.29, 0.717) is 6.54 Å². The molecule has 6 nitrogen and oxygen atoms in total. The van der Waals surface area contributed by atoms with Gasteiger partial charge in [0, 0.05) is 19.7 Å². The van der Waals surface area contributed by atoms with E-state index in [4.69, 9.17) is 0 Å². The van der Waals surface area contributed by atoms with E-state index in [0.717, 1.165) is 11.6 Å². The Kier molecular flexibility index (Phi) is 4.04. The monoisotopic (exact) mass is 250 g/mol. The lowest BCUT2D eigenvalue weighted by atomic mass is 10.1. The third-order valence-corrected chi connectivity index (χ3v) is 2.28. The van der Waals surface area contributed by atoms with Gasteiger partial charge >= 0.3 is 0 Å². The standard InChI is InChI=1S/C12H14N2O4/c1-8(2)7-13(3)12(16)10-5-4-9(14(17)18)6-11(10)15/h4-6,15H,1,7H2,2-3H3. The molecule has 1 rings (SSSR count). The lowest BCUT2D eigenvalue weighted by Gasteiger charge is -2.17. The maximum absolute atomic E-state index is 11.9. The van der Waals surface area contributed by atoms with Crippen molar-refractivity contribution >= 4 is 11.6 Å². The number of nitro groups is 1. The number of likely N-dealkylation sites (N-methyl/N-ethyl adjacent to an activating group) is 1. The normalized spacial score (nSPS) is 9.89. The molecule has 0 aromatic heterocycles. The molecule has 0 aliphatic heterocycles. The van der Waals surface area contributed by atoms with Crippen LogP contribution in [-0.2, 0) is 0 Å². The third-order valence-electron chi connectivity index (χ3n) is 2.28. The molecule has 1 aromatic rings. The van der Waals surface area contributed by atoms with Crippen LogP contribution in [0.15, 0.2) is 30.4 Å². The molecule has 0 fully saturated rings. The average Bonchev–Trinajstić information content (AvgIpc) is 2.26. The van der Waals surface area contributed by atoms with Crippen molar-refractivity contribution in [3.8, 4) is 5.75 Å². The molecule has 0 unspecified atom stereocenters. The molecule has 0 atom stereocenters. The number of amides is 1. The maximum Gasteiger partial charge on any atom is 0.273 e. The number of phenolic OH excluding ortho intramolecular Hbond substituents is 1. The van der Waals surface area contributed by atoms with Crippen molar-refractivity contribution in [1.82, 2.24) is 4.90 Å². The number of nitrogens with zero attached hydrogens (tertiary/aromatic N) is 2. The quantitative estimate of drug-likeness (QED) is 0.503. The fraction of sp³-hybridized carbons (Fsp3) is 0.250. The first-order chi connectivity index (χ1) is 8.32. The zero-order chi connectivity index (χ0) is 13.9. The highest BCUT2D eigenvalue weighted by Gasteiger charge is 2.18. The summed E-state index contributed by atoms with van der Waals surface area (Å²) in [6, 6.07) is 3.38. The summed E-state index contributed by atoms with van der Waals surface area (Å²) >= 11 is 0. The fourth-order valence-corrected chi connectivity index (χ4v) is 1.50. The molecule has 1 aromatic carbocycles. The van der Waals surface area contributed by atoms with E-state index in [1.807, 2.05) is 0 Å². The number of carbonyl (C=O) groups excluding carboxylic acids is 1. The van der Waals surface area contributed by atoms with Crippen LogP contribution in [0.4, 0.5) is 5.69 Å². The van der Waals surface area contributed by atoms with E-state index < -0.39 is 16.6 Å². The van der Waals surface area contributed by atoms with E-state index in [2.05, 4.69) is 6.58 Å². The highest BCUT2D eigenvalue weighted by molar-refractivity contribution is 5.97. The van der Waals surface area contributed by atoms with Gasteiger partial charge in [-0.1, -0.05) is 12.2 Å². The van der Waals surface area contributed by atoms with Gasteiger partial charge in [0.2, 0.25) is 0 Å². The zero-order valence-corrected chi connectivity index (χ0v) is 10.2. The van der Waals surface area contributed by atoms with E-state index in [-0.39, 0.29) is 11.3 Å². The summed E-state index contributed by atoms with van der Waals surface area (Å²) in [4.78, 5) is 23.2. The van der Waals surface area contributed by atoms with Crippen LogP contribution in [0.25, 0.3) is 0 Å². The molecule has 18 heavy (non-hydrogen) atoms. The summed E-state index contributed by atoms with van der Waals surface area (Å²) in [5.74, 6) is -0.812. The Morgan fingerprint density at radius 1 is 1.56 bits per heavy atom. The van der Waals surface area contributed by atoms with Crippen molar-refractivity contribution in [1.29, 1.82) is 0 Å². The lowest BCUT2D eigenvalue weighted by Crippen LogP contribution is -2.28. The predicted octanol–water partition coefficient (Wildman–Crippen LogP) is 1.95. The molecule has 96 valence electrons. The summed E-state index contributed by atoms with van der Waals surface area (Å²) in [6.45, 7) is 5.82. The molecule has 0 heterocycles. The first-order valence-corrected chi connectivity index (χ1v) is 5.20. The van der Waals surface area contributed by atoms with Gasteiger partial charge in [-0.15, -0.1) is 0 Å². The van der Waals surface area contributed by atoms with Crippen LogP contribution in [0.5, 0.6) is 5.75 Å². The summed E-state index contributed by atoms with van der Waals surface area (Å²) < 4.78 is 0. The van der Waals surface area contributed by atoms with Crippen LogP contribution in [0.2, 0.25) is 0 Å². The van der Waals surface area contributed by atoms with E-state index in [1.54, 1.807) is 14.0 Å². The number of aromatic hydroxyl groups is 1. The maximum atomic E-state index is 11.9. The molecular formula is C12H14N2O4. The van der Waals surface area contributed by atoms with E-state index in [9.17, 15) is 20.0 Å². The number of carbonyl (C=O) groups is 1. The second-order valence-corrected chi connectivity index (χ2v) is 4.08. The molecule has 1 amide bonds. The minimum absolute atomic E-state index is 0.0318. The number of benzene rings is 1. The summed E-state index contributed by atoms with van der Waals surface area (Å²) in [5, 5.41) is 20.1. The third kappa shape index (κ3) is 3.07. The zero-order valence-electron chi connectivity index (χ0n) is 10.2. The van der Waals surface area contributed by atoms with Crippen LogP contribution < -0.4 is 0 Å². The molecule has 0 saturated carbocycles. The Labute approximate surface area is 104 Å². The SMILES string of the molecule is C=C(C)CN(C)C(=O)c1ccc([N+](=O)[O-])cc1O. The first-order valence-electron chi connectivity index (χ1n) is 5.20. The van der Waals surface area contributed by atoms with Crippen molar-refractivity contribution in [2.24, 2.45) is 0 Å². The van der Waals surface area contributed by atoms with Gasteiger partial charge < -0.3 is 10.0 Å². The Balaban J connectivity index is 3.00. The van der Waals surface area contributed by atoms with Crippen molar-refractivity contribution in [2.45, 2.75) is 6.92 Å². The Morgan fingerprint density at radius 3 is 2.61 bits per heavy atom. The van der Waals surface area contributed by atoms with Crippen molar-refractivity contribution in [2.75, 3.05) is 13.6 Å². The van der Waals surface area contributed by atoms with Gasteiger partial charge in [0.25, 0.3) is 11.6 Å². The molecule has 1 N–H and O–H groups in total. The van der Waals surface area contributed by atoms with Crippen LogP contribution in [-0.4, -0.2) is 34.4 Å². The molecule has 0 aliphatic carbocycles. The number of phenols is 1. The van der Waals surface area contributed by atoms with Gasteiger partial charge in [0.15, 0.2) is 0 Å². The predicted molar refractivity (Wildman–Crippen MR) is 66.5 cm³/mol. The van der Waals surface area contributed by atoms with Gasteiger partial charge in [0.1, 0.15) is 5.75 Å². The molecule has 0 saturated heterocycles. The average molecular weight is 250 g/mol. The minimum Gasteiger partial charge on any atom is -0.507 e. The molecule has 0 bridgehead atoms. The largest absolute Gasteiger partial charge is 0.507 e. The second-order valence-electron chi connectivity index (χ2n) is 4.08. The van der Waals surface area contributed by atoms with Gasteiger partial charge in [-0.3, -0.25) is 14.9 Å². The number of hydrogen-bond donors (Lipinski definition) is 1. The fourth-order valence-electron chi connectivity index (χ4n) is 1.50. The Hall–Kier alpha value is -2.37. The minimum atomic E-state index is -0.633. The number of rotatable bonds is 4. The van der Waals surface area contributed by atoms with Gasteiger partial charge in [0.05, 0.1) is 16.6 Å². The van der Waals surface area contributed by atoms with Crippen molar-refractivity contribution in [3.63, 3.8) is 0 Å². The van der Waals surface area contributed by atoms with Crippen LogP contribution in [0.3, 0.4) is 0 Å². The summed E-state index contributed by atoms with van der Waals surface area (Å²) in [5.41, 5.74) is 0.572. The molecule has 6 heteroatoms. The molecule has 0 radical (unpaired) electrons. The van der Waals surface area contributed by atoms with Crippen LogP contribution >= 0.6 is 0 Å². The molecule has 0 spiro atoms. The highest BCUT2D eigenvalue weighted by Crippen LogP contribution is 2.24. The van der Waals surface area contributed by atoms with Crippen molar-refractivity contribution < 1.29 is 14.8 Å². The highest BCUT2D eigenvalue weighted by atomic mass is 16.6. The smallest absolute Gasteiger partial charge is 0.273 e. The number of non-ortho nitro benzene ring substituents is 1. The van der Waals surface area contributed by atoms with Gasteiger partial charge in [-0.05, 0) is 13.0 Å². The second kappa shape index (κ2) is 5.31. The number of hydrogen-bond acceptors (Lipinski definition) is 4. The van der Waals surface area contributed by atoms with Crippen LogP contribution in [0, 0.1) is 10.1 Å².